The highest BCUT2D eigenvalue weighted by Crippen LogP contribution is 2.03. The van der Waals surface area contributed by atoms with E-state index in [4.69, 9.17) is 0 Å². The molecule has 1 rings (SSSR count). The van der Waals surface area contributed by atoms with Gasteiger partial charge in [0.1, 0.15) is 0 Å². The Morgan fingerprint density at radius 2 is 2.12 bits per heavy atom. The average Bonchev–Trinajstić information content (AvgIpc) is 2.15. The van der Waals surface area contributed by atoms with Crippen LogP contribution >= 0.6 is 0 Å². The van der Waals surface area contributed by atoms with Gasteiger partial charge >= 0.3 is 16.9 Å². The molecule has 0 aliphatic rings. The van der Waals surface area contributed by atoms with Gasteiger partial charge in [-0.1, -0.05) is 13.8 Å². The summed E-state index contributed by atoms with van der Waals surface area (Å²) in [5.41, 5.74) is -2.18. The average molecular weight is 227 g/mol. The van der Waals surface area contributed by atoms with Crippen LogP contribution in [0.2, 0.25) is 0 Å². The van der Waals surface area contributed by atoms with Gasteiger partial charge in [0.2, 0.25) is 0 Å². The first-order valence-electron chi connectivity index (χ1n) is 4.90. The molecule has 0 aliphatic heterocycles. The predicted octanol–water partition coefficient (Wildman–Crippen LogP) is 0.491. The second-order valence-electron chi connectivity index (χ2n) is 3.91. The number of aryl methyl sites for hydroxylation is 1. The van der Waals surface area contributed by atoms with Crippen LogP contribution in [0.25, 0.3) is 0 Å². The van der Waals surface area contributed by atoms with E-state index in [0.29, 0.717) is 18.9 Å². The monoisotopic (exact) mass is 227 g/mol. The Labute approximate surface area is 90.9 Å². The van der Waals surface area contributed by atoms with Crippen molar-refractivity contribution in [3.63, 3.8) is 0 Å². The standard InChI is InChI=1S/C9H13N3O4/c1-6(2)3-4-11-5-7(12(15)16)8(13)10-9(11)14/h5-6H,3-4H2,1-2H3,(H,10,13,14). The highest BCUT2D eigenvalue weighted by atomic mass is 16.6. The maximum atomic E-state index is 11.3. The zero-order valence-electron chi connectivity index (χ0n) is 9.10. The van der Waals surface area contributed by atoms with E-state index < -0.39 is 21.9 Å². The molecule has 0 atom stereocenters. The zero-order chi connectivity index (χ0) is 12.3. The van der Waals surface area contributed by atoms with E-state index in [2.05, 4.69) is 0 Å². The Bertz CT molecular complexity index is 500. The number of H-pyrrole nitrogens is 1. The van der Waals surface area contributed by atoms with E-state index in [1.807, 2.05) is 18.8 Å². The van der Waals surface area contributed by atoms with Crippen LogP contribution in [0.5, 0.6) is 0 Å². The first-order chi connectivity index (χ1) is 7.41. The lowest BCUT2D eigenvalue weighted by atomic mass is 10.1. The van der Waals surface area contributed by atoms with Gasteiger partial charge in [-0.3, -0.25) is 24.5 Å². The summed E-state index contributed by atoms with van der Waals surface area (Å²) < 4.78 is 1.15. The van der Waals surface area contributed by atoms with Crippen LogP contribution in [0.1, 0.15) is 20.3 Å². The zero-order valence-corrected chi connectivity index (χ0v) is 9.10. The summed E-state index contributed by atoms with van der Waals surface area (Å²) >= 11 is 0. The van der Waals surface area contributed by atoms with Crippen LogP contribution in [0.4, 0.5) is 5.69 Å². The number of nitrogens with zero attached hydrogens (tertiary/aromatic N) is 2. The molecule has 7 nitrogen and oxygen atoms in total. The van der Waals surface area contributed by atoms with Gasteiger partial charge in [0.05, 0.1) is 11.1 Å². The fraction of sp³-hybridized carbons (Fsp3) is 0.556. The van der Waals surface area contributed by atoms with Gasteiger partial charge in [0.15, 0.2) is 0 Å². The molecule has 1 heterocycles. The molecule has 0 aromatic carbocycles. The summed E-state index contributed by atoms with van der Waals surface area (Å²) in [7, 11) is 0. The minimum Gasteiger partial charge on any atom is -0.294 e. The fourth-order valence-corrected chi connectivity index (χ4v) is 1.19. The Morgan fingerprint density at radius 1 is 1.50 bits per heavy atom. The van der Waals surface area contributed by atoms with E-state index in [1.54, 1.807) is 0 Å². The van der Waals surface area contributed by atoms with Crippen LogP contribution in [-0.2, 0) is 6.54 Å². The van der Waals surface area contributed by atoms with Gasteiger partial charge in [-0.2, -0.15) is 0 Å². The smallest absolute Gasteiger partial charge is 0.294 e. The van der Waals surface area contributed by atoms with Crippen LogP contribution < -0.4 is 11.2 Å². The Balaban J connectivity index is 3.10. The van der Waals surface area contributed by atoms with Crippen molar-refractivity contribution in [3.8, 4) is 0 Å². The summed E-state index contributed by atoms with van der Waals surface area (Å²) in [5, 5.41) is 10.5. The minimum atomic E-state index is -0.962. The fourth-order valence-electron chi connectivity index (χ4n) is 1.19. The molecule has 0 spiro atoms. The molecule has 16 heavy (non-hydrogen) atoms. The molecule has 1 aromatic rings. The largest absolute Gasteiger partial charge is 0.350 e. The van der Waals surface area contributed by atoms with Gasteiger partial charge in [0.25, 0.3) is 0 Å². The summed E-state index contributed by atoms with van der Waals surface area (Å²) in [6.45, 7) is 4.31. The third-order valence-corrected chi connectivity index (χ3v) is 2.14. The molecule has 0 aliphatic carbocycles. The number of aromatic nitrogens is 2. The lowest BCUT2D eigenvalue weighted by Gasteiger charge is -2.06. The van der Waals surface area contributed by atoms with Crippen molar-refractivity contribution in [1.29, 1.82) is 0 Å². The highest BCUT2D eigenvalue weighted by molar-refractivity contribution is 5.20. The van der Waals surface area contributed by atoms with Crippen molar-refractivity contribution in [3.05, 3.63) is 37.1 Å². The topological polar surface area (TPSA) is 98.0 Å². The molecule has 0 amide bonds. The second-order valence-corrected chi connectivity index (χ2v) is 3.91. The summed E-state index contributed by atoms with van der Waals surface area (Å²) in [6.07, 6.45) is 1.70. The first kappa shape index (κ1) is 12.2. The Kier molecular flexibility index (Phi) is 3.60. The normalized spacial score (nSPS) is 10.7. The van der Waals surface area contributed by atoms with E-state index >= 15 is 0 Å². The van der Waals surface area contributed by atoms with Crippen molar-refractivity contribution in [1.82, 2.24) is 9.55 Å². The number of nitro groups is 1. The molecule has 1 aromatic heterocycles. The van der Waals surface area contributed by atoms with E-state index in [9.17, 15) is 19.7 Å². The SMILES string of the molecule is CC(C)CCn1cc([N+](=O)[O-])c(=O)[nH]c1=O. The van der Waals surface area contributed by atoms with Gasteiger partial charge < -0.3 is 0 Å². The van der Waals surface area contributed by atoms with Crippen molar-refractivity contribution >= 4 is 5.69 Å². The quantitative estimate of drug-likeness (QED) is 0.597. The van der Waals surface area contributed by atoms with Crippen LogP contribution in [0, 0.1) is 16.0 Å². The van der Waals surface area contributed by atoms with E-state index in [-0.39, 0.29) is 0 Å². The van der Waals surface area contributed by atoms with Crippen molar-refractivity contribution in [2.24, 2.45) is 5.92 Å². The number of hydrogen-bond donors (Lipinski definition) is 1. The van der Waals surface area contributed by atoms with Crippen molar-refractivity contribution < 1.29 is 4.92 Å². The minimum absolute atomic E-state index is 0.355. The number of hydrogen-bond acceptors (Lipinski definition) is 4. The van der Waals surface area contributed by atoms with Crippen molar-refractivity contribution in [2.75, 3.05) is 0 Å². The predicted molar refractivity (Wildman–Crippen MR) is 57.4 cm³/mol. The van der Waals surface area contributed by atoms with Crippen LogP contribution in [0.15, 0.2) is 15.8 Å². The number of aromatic amines is 1. The molecule has 0 fully saturated rings. The molecule has 1 N–H and O–H groups in total. The van der Waals surface area contributed by atoms with Gasteiger partial charge in [-0.15, -0.1) is 0 Å². The molecule has 0 saturated carbocycles. The Morgan fingerprint density at radius 3 is 2.62 bits per heavy atom. The molecular weight excluding hydrogens is 214 g/mol. The molecule has 88 valence electrons. The molecule has 0 saturated heterocycles. The summed E-state index contributed by atoms with van der Waals surface area (Å²) in [4.78, 5) is 34.0. The maximum absolute atomic E-state index is 11.3. The molecule has 0 radical (unpaired) electrons. The van der Waals surface area contributed by atoms with Gasteiger partial charge in [0, 0.05) is 6.54 Å². The molecule has 0 unspecified atom stereocenters. The van der Waals surface area contributed by atoms with Gasteiger partial charge in [-0.25, -0.2) is 4.79 Å². The lowest BCUT2D eigenvalue weighted by Crippen LogP contribution is -2.31. The molecule has 0 bridgehead atoms. The van der Waals surface area contributed by atoms with Gasteiger partial charge in [-0.05, 0) is 12.3 Å². The van der Waals surface area contributed by atoms with E-state index in [0.717, 1.165) is 10.8 Å². The summed E-state index contributed by atoms with van der Waals surface area (Å²) in [6, 6.07) is 0. The van der Waals surface area contributed by atoms with Crippen LogP contribution in [0.3, 0.4) is 0 Å². The van der Waals surface area contributed by atoms with Crippen molar-refractivity contribution in [2.45, 2.75) is 26.8 Å². The number of rotatable bonds is 4. The Hall–Kier alpha value is -1.92. The molecule has 7 heteroatoms. The summed E-state index contributed by atoms with van der Waals surface area (Å²) in [5.74, 6) is 0.373. The third-order valence-electron chi connectivity index (χ3n) is 2.14. The second kappa shape index (κ2) is 4.73. The number of nitrogens with one attached hydrogen (secondary N) is 1. The third kappa shape index (κ3) is 2.78. The highest BCUT2D eigenvalue weighted by Gasteiger charge is 2.14. The van der Waals surface area contributed by atoms with E-state index in [1.165, 1.54) is 0 Å². The van der Waals surface area contributed by atoms with Crippen LogP contribution in [-0.4, -0.2) is 14.5 Å². The maximum Gasteiger partial charge on any atom is 0.350 e. The first-order valence-corrected chi connectivity index (χ1v) is 4.90. The lowest BCUT2D eigenvalue weighted by molar-refractivity contribution is -0.386. The molecular formula is C9H13N3O4.